The number of nitrogens with zero attached hydrogens (tertiary/aromatic N) is 3. The third-order valence-corrected chi connectivity index (χ3v) is 7.01. The Morgan fingerprint density at radius 1 is 1.17 bits per heavy atom. The van der Waals surface area contributed by atoms with E-state index in [4.69, 9.17) is 18.9 Å². The molecular formula is C27H25N3O6. The van der Waals surface area contributed by atoms with Gasteiger partial charge in [0, 0.05) is 12.1 Å². The number of anilines is 1. The largest absolute Gasteiger partial charge is 0.467 e. The lowest BCUT2D eigenvalue weighted by Crippen LogP contribution is -2.63. The molecule has 184 valence electrons. The van der Waals surface area contributed by atoms with E-state index in [1.54, 1.807) is 24.0 Å². The number of amides is 1. The van der Waals surface area contributed by atoms with Gasteiger partial charge in [0.1, 0.15) is 11.6 Å². The Labute approximate surface area is 208 Å². The highest BCUT2D eigenvalue weighted by Gasteiger charge is 2.63. The summed E-state index contributed by atoms with van der Waals surface area (Å²) in [6.45, 7) is 2.18. The maximum atomic E-state index is 13.3. The molecule has 1 aromatic heterocycles. The van der Waals surface area contributed by atoms with Gasteiger partial charge in [-0.3, -0.25) is 9.69 Å². The van der Waals surface area contributed by atoms with Crippen molar-refractivity contribution in [3.8, 4) is 11.8 Å². The maximum absolute atomic E-state index is 13.3. The molecule has 9 heteroatoms. The summed E-state index contributed by atoms with van der Waals surface area (Å²) >= 11 is 0. The number of methoxy groups -OCH3 is 2. The summed E-state index contributed by atoms with van der Waals surface area (Å²) in [7, 11) is 2.49. The van der Waals surface area contributed by atoms with Crippen molar-refractivity contribution in [2.24, 2.45) is 4.99 Å². The summed E-state index contributed by atoms with van der Waals surface area (Å²) in [5.41, 5.74) is 0.788. The summed E-state index contributed by atoms with van der Waals surface area (Å²) in [5, 5.41) is 0. The SMILES string of the molecule is CC#CCN1c2ccccc2[C@]23CCC(=O)N(Cc4ccco4)C2=NC(C(=O)OC)=C(C(=O)OC)[C@H]13. The molecular weight excluding hydrogens is 462 g/mol. The van der Waals surface area contributed by atoms with Crippen molar-refractivity contribution in [2.75, 3.05) is 25.7 Å². The topological polar surface area (TPSA) is 102 Å². The van der Waals surface area contributed by atoms with Gasteiger partial charge in [0.05, 0.1) is 50.6 Å². The average molecular weight is 488 g/mol. The maximum Gasteiger partial charge on any atom is 0.357 e. The number of benzene rings is 1. The zero-order valence-corrected chi connectivity index (χ0v) is 20.2. The van der Waals surface area contributed by atoms with Gasteiger partial charge in [0.25, 0.3) is 0 Å². The number of ether oxygens (including phenoxy) is 2. The minimum absolute atomic E-state index is 0.0921. The van der Waals surface area contributed by atoms with Crippen LogP contribution in [0.25, 0.3) is 0 Å². The van der Waals surface area contributed by atoms with Crippen LogP contribution in [-0.4, -0.2) is 55.4 Å². The Bertz CT molecular complexity index is 1360. The van der Waals surface area contributed by atoms with Crippen molar-refractivity contribution in [1.29, 1.82) is 0 Å². The molecule has 0 aliphatic carbocycles. The summed E-state index contributed by atoms with van der Waals surface area (Å²) in [6.07, 6.45) is 2.15. The second-order valence-corrected chi connectivity index (χ2v) is 8.69. The summed E-state index contributed by atoms with van der Waals surface area (Å²) in [4.78, 5) is 47.8. The van der Waals surface area contributed by atoms with E-state index in [0.29, 0.717) is 24.6 Å². The number of aliphatic imine (C=N–C) groups is 1. The van der Waals surface area contributed by atoms with Crippen molar-refractivity contribution in [3.05, 3.63) is 65.3 Å². The van der Waals surface area contributed by atoms with Gasteiger partial charge in [0.2, 0.25) is 5.91 Å². The fourth-order valence-corrected chi connectivity index (χ4v) is 5.57. The molecule has 1 spiro atoms. The summed E-state index contributed by atoms with van der Waals surface area (Å²) < 4.78 is 15.7. The van der Waals surface area contributed by atoms with Crippen molar-refractivity contribution in [3.63, 3.8) is 0 Å². The molecule has 1 aromatic carbocycles. The molecule has 0 N–H and O–H groups in total. The van der Waals surface area contributed by atoms with Crippen molar-refractivity contribution in [1.82, 2.24) is 4.90 Å². The molecule has 0 saturated carbocycles. The second kappa shape index (κ2) is 9.04. The lowest BCUT2D eigenvalue weighted by atomic mass is 9.65. The number of fused-ring (bicyclic) bond motifs is 1. The van der Waals surface area contributed by atoms with Gasteiger partial charge in [-0.05, 0) is 37.1 Å². The fourth-order valence-electron chi connectivity index (χ4n) is 5.57. The highest BCUT2D eigenvalue weighted by atomic mass is 16.5. The fraction of sp³-hybridized carbons (Fsp3) is 0.333. The van der Waals surface area contributed by atoms with Gasteiger partial charge in [-0.2, -0.15) is 0 Å². The lowest BCUT2D eigenvalue weighted by Gasteiger charge is -2.48. The van der Waals surface area contributed by atoms with E-state index >= 15 is 0 Å². The number of furan rings is 1. The zero-order valence-electron chi connectivity index (χ0n) is 20.2. The van der Waals surface area contributed by atoms with Crippen LogP contribution in [0, 0.1) is 11.8 Å². The molecule has 0 radical (unpaired) electrons. The van der Waals surface area contributed by atoms with E-state index in [9.17, 15) is 14.4 Å². The molecule has 3 aliphatic rings. The molecule has 1 amide bonds. The van der Waals surface area contributed by atoms with Crippen LogP contribution in [0.2, 0.25) is 0 Å². The number of carbonyl (C=O) groups is 3. The van der Waals surface area contributed by atoms with Crippen LogP contribution in [0.4, 0.5) is 5.69 Å². The first-order chi connectivity index (χ1) is 17.5. The molecule has 1 fully saturated rings. The van der Waals surface area contributed by atoms with E-state index in [2.05, 4.69) is 11.8 Å². The van der Waals surface area contributed by atoms with E-state index in [1.807, 2.05) is 29.2 Å². The third kappa shape index (κ3) is 3.33. The van der Waals surface area contributed by atoms with Gasteiger partial charge in [-0.1, -0.05) is 24.1 Å². The number of amidine groups is 1. The van der Waals surface area contributed by atoms with Crippen molar-refractivity contribution >= 4 is 29.4 Å². The molecule has 1 saturated heterocycles. The minimum Gasteiger partial charge on any atom is -0.467 e. The molecule has 9 nitrogen and oxygen atoms in total. The number of carbonyl (C=O) groups excluding carboxylic acids is 3. The molecule has 2 aromatic rings. The number of para-hydroxylation sites is 1. The number of hydrogen-bond donors (Lipinski definition) is 0. The molecule has 36 heavy (non-hydrogen) atoms. The highest BCUT2D eigenvalue weighted by molar-refractivity contribution is 6.15. The smallest absolute Gasteiger partial charge is 0.357 e. The normalized spacial score (nSPS) is 22.1. The molecule has 0 unspecified atom stereocenters. The van der Waals surface area contributed by atoms with E-state index in [1.165, 1.54) is 20.5 Å². The monoisotopic (exact) mass is 487 g/mol. The molecule has 0 bridgehead atoms. The van der Waals surface area contributed by atoms with Crippen LogP contribution in [0.15, 0.2) is 63.3 Å². The molecule has 2 atom stereocenters. The molecule has 5 rings (SSSR count). The van der Waals surface area contributed by atoms with Crippen LogP contribution in [0.5, 0.6) is 0 Å². The first-order valence-corrected chi connectivity index (χ1v) is 11.6. The van der Waals surface area contributed by atoms with Crippen LogP contribution < -0.4 is 4.90 Å². The number of piperidine rings is 1. The Morgan fingerprint density at radius 3 is 2.64 bits per heavy atom. The van der Waals surface area contributed by atoms with Gasteiger partial charge in [0.15, 0.2) is 5.70 Å². The van der Waals surface area contributed by atoms with E-state index in [-0.39, 0.29) is 30.1 Å². The van der Waals surface area contributed by atoms with Crippen LogP contribution in [0.3, 0.4) is 0 Å². The standard InChI is InChI=1S/C27H25N3O6/c1-4-5-14-29-19-11-7-6-10-18(19)27-13-12-20(31)30(16-17-9-8-15-36-17)26(27)28-22(25(33)35-3)21(23(27)29)24(32)34-2/h6-11,15,23H,12-14,16H2,1-3H3/t23-,27-/m0/s1. The quantitative estimate of drug-likeness (QED) is 0.472. The lowest BCUT2D eigenvalue weighted by molar-refractivity contribution is -0.140. The van der Waals surface area contributed by atoms with Crippen LogP contribution >= 0.6 is 0 Å². The number of rotatable bonds is 5. The Kier molecular flexibility index (Phi) is 5.88. The van der Waals surface area contributed by atoms with Crippen molar-refractivity contribution in [2.45, 2.75) is 37.8 Å². The minimum atomic E-state index is -0.895. The molecule has 4 heterocycles. The Morgan fingerprint density at radius 2 is 1.94 bits per heavy atom. The molecule has 3 aliphatic heterocycles. The van der Waals surface area contributed by atoms with Crippen LogP contribution in [0.1, 0.15) is 31.1 Å². The predicted octanol–water partition coefficient (Wildman–Crippen LogP) is 2.56. The average Bonchev–Trinajstić information content (AvgIpc) is 3.52. The Balaban J connectivity index is 1.82. The predicted molar refractivity (Wildman–Crippen MR) is 130 cm³/mol. The van der Waals surface area contributed by atoms with Crippen molar-refractivity contribution < 1.29 is 28.3 Å². The van der Waals surface area contributed by atoms with E-state index in [0.717, 1.165) is 11.3 Å². The highest BCUT2D eigenvalue weighted by Crippen LogP contribution is 2.56. The first kappa shape index (κ1) is 23.4. The Hall–Kier alpha value is -4.32. The summed E-state index contributed by atoms with van der Waals surface area (Å²) in [5.74, 6) is 5.35. The zero-order chi connectivity index (χ0) is 25.4. The van der Waals surface area contributed by atoms with E-state index < -0.39 is 23.4 Å². The number of hydrogen-bond acceptors (Lipinski definition) is 8. The van der Waals surface area contributed by atoms with Gasteiger partial charge >= 0.3 is 11.9 Å². The van der Waals surface area contributed by atoms with Gasteiger partial charge in [-0.25, -0.2) is 14.6 Å². The number of esters is 2. The second-order valence-electron chi connectivity index (χ2n) is 8.69. The third-order valence-electron chi connectivity index (χ3n) is 7.01. The van der Waals surface area contributed by atoms with Gasteiger partial charge < -0.3 is 18.8 Å². The number of likely N-dealkylation sites (tertiary alicyclic amines) is 1. The first-order valence-electron chi connectivity index (χ1n) is 11.6. The van der Waals surface area contributed by atoms with Gasteiger partial charge in [-0.15, -0.1) is 5.92 Å². The van der Waals surface area contributed by atoms with Crippen LogP contribution in [-0.2, 0) is 35.8 Å². The summed E-state index contributed by atoms with van der Waals surface area (Å²) in [6, 6.07) is 10.6.